The molecule has 0 amide bonds. The minimum absolute atomic E-state index is 0.129. The molecule has 96 valence electrons. The van der Waals surface area contributed by atoms with Crippen molar-refractivity contribution in [2.75, 3.05) is 24.2 Å². The molecule has 0 spiro atoms. The molecule has 1 aromatic heterocycles. The molecule has 0 aliphatic rings. The van der Waals surface area contributed by atoms with Crippen LogP contribution in [0.3, 0.4) is 0 Å². The van der Waals surface area contributed by atoms with Crippen molar-refractivity contribution < 1.29 is 5.11 Å². The first-order valence-electron chi connectivity index (χ1n) is 5.94. The number of nitrogens with one attached hydrogen (secondary N) is 1. The van der Waals surface area contributed by atoms with E-state index in [1.807, 2.05) is 13.8 Å². The van der Waals surface area contributed by atoms with E-state index in [0.29, 0.717) is 12.4 Å². The number of hydrogen-bond acceptors (Lipinski definition) is 5. The van der Waals surface area contributed by atoms with Crippen LogP contribution >= 0.6 is 0 Å². The minimum atomic E-state index is -0.177. The predicted molar refractivity (Wildman–Crippen MR) is 69.8 cm³/mol. The highest BCUT2D eigenvalue weighted by Gasteiger charge is 2.17. The van der Waals surface area contributed by atoms with Crippen molar-refractivity contribution in [3.8, 4) is 0 Å². The molecule has 0 aliphatic carbocycles. The Hall–Kier alpha value is -1.36. The van der Waals surface area contributed by atoms with E-state index in [1.165, 1.54) is 6.33 Å². The van der Waals surface area contributed by atoms with Crippen molar-refractivity contribution in [2.24, 2.45) is 5.41 Å². The largest absolute Gasteiger partial charge is 0.396 e. The second kappa shape index (κ2) is 5.82. The van der Waals surface area contributed by atoms with E-state index < -0.39 is 0 Å². The first-order chi connectivity index (χ1) is 8.00. The number of hydrogen-bond donors (Lipinski definition) is 3. The minimum Gasteiger partial charge on any atom is -0.396 e. The average molecular weight is 238 g/mol. The number of rotatable bonds is 6. The SMILES string of the molecule is CCCc1c(N)ncnc1NCC(C)(C)CO. The van der Waals surface area contributed by atoms with Gasteiger partial charge in [-0.05, 0) is 6.42 Å². The van der Waals surface area contributed by atoms with Gasteiger partial charge in [-0.15, -0.1) is 0 Å². The molecule has 0 aromatic carbocycles. The molecule has 0 bridgehead atoms. The van der Waals surface area contributed by atoms with Gasteiger partial charge in [0.05, 0.1) is 0 Å². The van der Waals surface area contributed by atoms with Crippen LogP contribution in [0.25, 0.3) is 0 Å². The molecule has 0 fully saturated rings. The second-order valence-electron chi connectivity index (χ2n) is 5.01. The molecule has 1 aromatic rings. The fraction of sp³-hybridized carbons (Fsp3) is 0.667. The van der Waals surface area contributed by atoms with Gasteiger partial charge in [0.25, 0.3) is 0 Å². The van der Waals surface area contributed by atoms with Crippen molar-refractivity contribution in [3.05, 3.63) is 11.9 Å². The average Bonchev–Trinajstić information content (AvgIpc) is 2.30. The molecule has 0 saturated heterocycles. The van der Waals surface area contributed by atoms with Crippen LogP contribution in [0.15, 0.2) is 6.33 Å². The smallest absolute Gasteiger partial charge is 0.134 e. The Balaban J connectivity index is 2.80. The third kappa shape index (κ3) is 3.85. The van der Waals surface area contributed by atoms with Crippen molar-refractivity contribution in [2.45, 2.75) is 33.6 Å². The molecule has 0 atom stereocenters. The lowest BCUT2D eigenvalue weighted by atomic mass is 9.95. The van der Waals surface area contributed by atoms with Gasteiger partial charge in [0.2, 0.25) is 0 Å². The zero-order chi connectivity index (χ0) is 12.9. The maximum atomic E-state index is 9.20. The van der Waals surface area contributed by atoms with E-state index in [-0.39, 0.29) is 12.0 Å². The van der Waals surface area contributed by atoms with Gasteiger partial charge in [0, 0.05) is 24.1 Å². The molecule has 17 heavy (non-hydrogen) atoms. The lowest BCUT2D eigenvalue weighted by Gasteiger charge is -2.23. The van der Waals surface area contributed by atoms with Crippen LogP contribution in [0.1, 0.15) is 32.8 Å². The van der Waals surface area contributed by atoms with E-state index in [1.54, 1.807) is 0 Å². The normalized spacial score (nSPS) is 11.5. The van der Waals surface area contributed by atoms with Crippen molar-refractivity contribution in [3.63, 3.8) is 0 Å². The van der Waals surface area contributed by atoms with Crippen molar-refractivity contribution >= 4 is 11.6 Å². The van der Waals surface area contributed by atoms with Gasteiger partial charge in [0.1, 0.15) is 18.0 Å². The van der Waals surface area contributed by atoms with Gasteiger partial charge < -0.3 is 16.2 Å². The molecule has 4 N–H and O–H groups in total. The second-order valence-corrected chi connectivity index (χ2v) is 5.01. The van der Waals surface area contributed by atoms with Crippen LogP contribution < -0.4 is 11.1 Å². The van der Waals surface area contributed by atoms with E-state index >= 15 is 0 Å². The quantitative estimate of drug-likeness (QED) is 0.698. The summed E-state index contributed by atoms with van der Waals surface area (Å²) < 4.78 is 0. The highest BCUT2D eigenvalue weighted by molar-refractivity contribution is 5.55. The summed E-state index contributed by atoms with van der Waals surface area (Å²) in [5.41, 5.74) is 6.62. The molecule has 0 radical (unpaired) electrons. The highest BCUT2D eigenvalue weighted by Crippen LogP contribution is 2.21. The Bertz CT molecular complexity index is 366. The van der Waals surface area contributed by atoms with Gasteiger partial charge in [-0.2, -0.15) is 0 Å². The Morgan fingerprint density at radius 3 is 2.71 bits per heavy atom. The van der Waals surface area contributed by atoms with Gasteiger partial charge in [-0.25, -0.2) is 9.97 Å². The maximum absolute atomic E-state index is 9.20. The molecule has 1 heterocycles. The molecule has 5 nitrogen and oxygen atoms in total. The first-order valence-corrected chi connectivity index (χ1v) is 5.94. The summed E-state index contributed by atoms with van der Waals surface area (Å²) in [5.74, 6) is 1.31. The number of nitrogens with zero attached hydrogens (tertiary/aromatic N) is 2. The van der Waals surface area contributed by atoms with Crippen LogP contribution in [0.5, 0.6) is 0 Å². The van der Waals surface area contributed by atoms with Gasteiger partial charge in [0.15, 0.2) is 0 Å². The monoisotopic (exact) mass is 238 g/mol. The van der Waals surface area contributed by atoms with E-state index in [0.717, 1.165) is 24.2 Å². The van der Waals surface area contributed by atoms with E-state index in [2.05, 4.69) is 22.2 Å². The Kier molecular flexibility index (Phi) is 4.69. The van der Waals surface area contributed by atoms with Crippen LogP contribution in [-0.2, 0) is 6.42 Å². The number of aliphatic hydroxyl groups is 1. The fourth-order valence-electron chi connectivity index (χ4n) is 1.45. The third-order valence-corrected chi connectivity index (χ3v) is 2.64. The Morgan fingerprint density at radius 1 is 1.41 bits per heavy atom. The predicted octanol–water partition coefficient (Wildman–Crippen LogP) is 1.44. The summed E-state index contributed by atoms with van der Waals surface area (Å²) >= 11 is 0. The van der Waals surface area contributed by atoms with Crippen molar-refractivity contribution in [1.82, 2.24) is 9.97 Å². The summed E-state index contributed by atoms with van der Waals surface area (Å²) in [5, 5.41) is 12.4. The van der Waals surface area contributed by atoms with Crippen molar-refractivity contribution in [1.29, 1.82) is 0 Å². The highest BCUT2D eigenvalue weighted by atomic mass is 16.3. The Morgan fingerprint density at radius 2 is 2.12 bits per heavy atom. The zero-order valence-corrected chi connectivity index (χ0v) is 10.8. The fourth-order valence-corrected chi connectivity index (χ4v) is 1.45. The summed E-state index contributed by atoms with van der Waals surface area (Å²) in [7, 11) is 0. The molecular weight excluding hydrogens is 216 g/mol. The van der Waals surface area contributed by atoms with E-state index in [9.17, 15) is 5.11 Å². The molecular formula is C12H22N4O. The third-order valence-electron chi connectivity index (χ3n) is 2.64. The van der Waals surface area contributed by atoms with Crippen LogP contribution in [0.4, 0.5) is 11.6 Å². The van der Waals surface area contributed by atoms with Crippen LogP contribution in [-0.4, -0.2) is 28.2 Å². The van der Waals surface area contributed by atoms with Gasteiger partial charge in [-0.1, -0.05) is 27.2 Å². The lowest BCUT2D eigenvalue weighted by molar-refractivity contribution is 0.170. The summed E-state index contributed by atoms with van der Waals surface area (Å²) in [6.45, 7) is 6.85. The summed E-state index contributed by atoms with van der Waals surface area (Å²) in [6.07, 6.45) is 3.31. The molecule has 0 aliphatic heterocycles. The number of aliphatic hydroxyl groups excluding tert-OH is 1. The van der Waals surface area contributed by atoms with Crippen LogP contribution in [0.2, 0.25) is 0 Å². The zero-order valence-electron chi connectivity index (χ0n) is 10.8. The lowest BCUT2D eigenvalue weighted by Crippen LogP contribution is -2.27. The van der Waals surface area contributed by atoms with Gasteiger partial charge >= 0.3 is 0 Å². The number of nitrogens with two attached hydrogens (primary N) is 1. The molecule has 5 heteroatoms. The number of anilines is 2. The standard InChI is InChI=1S/C12H22N4O/c1-4-5-9-10(13)15-8-16-11(9)14-6-12(2,3)7-17/h8,17H,4-7H2,1-3H3,(H3,13,14,15,16). The topological polar surface area (TPSA) is 84.1 Å². The number of aromatic nitrogens is 2. The first kappa shape index (κ1) is 13.7. The molecule has 1 rings (SSSR count). The molecule has 0 saturated carbocycles. The summed E-state index contributed by atoms with van der Waals surface area (Å²) in [4.78, 5) is 8.21. The number of nitrogen functional groups attached to an aromatic ring is 1. The summed E-state index contributed by atoms with van der Waals surface area (Å²) in [6, 6.07) is 0. The molecule has 0 unspecified atom stereocenters. The van der Waals surface area contributed by atoms with E-state index in [4.69, 9.17) is 5.73 Å². The Labute approximate surface area is 102 Å². The van der Waals surface area contributed by atoms with Crippen LogP contribution in [0, 0.1) is 5.41 Å². The van der Waals surface area contributed by atoms with Gasteiger partial charge in [-0.3, -0.25) is 0 Å². The maximum Gasteiger partial charge on any atom is 0.134 e.